The summed E-state index contributed by atoms with van der Waals surface area (Å²) in [5.41, 5.74) is 1.56. The zero-order valence-corrected chi connectivity index (χ0v) is 21.6. The molecule has 2 aromatic carbocycles. The van der Waals surface area contributed by atoms with Gasteiger partial charge in [-0.15, -0.1) is 0 Å². The third-order valence-corrected chi connectivity index (χ3v) is 7.79. The Morgan fingerprint density at radius 3 is 2.61 bits per heavy atom. The maximum absolute atomic E-state index is 15.0. The first-order valence-corrected chi connectivity index (χ1v) is 13.3. The molecule has 0 atom stereocenters. The fourth-order valence-electron chi connectivity index (χ4n) is 4.39. The summed E-state index contributed by atoms with van der Waals surface area (Å²) in [6, 6.07) is 12.8. The quantitative estimate of drug-likeness (QED) is 0.327. The van der Waals surface area contributed by atoms with Crippen molar-refractivity contribution in [1.29, 1.82) is 0 Å². The Morgan fingerprint density at radius 1 is 1.11 bits per heavy atom. The van der Waals surface area contributed by atoms with Gasteiger partial charge in [-0.3, -0.25) is 4.79 Å². The number of sulfonamides is 1. The number of halogens is 1. The lowest BCUT2D eigenvalue weighted by Gasteiger charge is -2.29. The molecule has 12 heteroatoms. The molecular weight excluding hydrogens is 513 g/mol. The lowest BCUT2D eigenvalue weighted by molar-refractivity contribution is 0.122. The Bertz CT molecular complexity index is 1670. The summed E-state index contributed by atoms with van der Waals surface area (Å²) in [5, 5.41) is 3.99. The molecule has 3 heterocycles. The molecule has 1 aliphatic rings. The largest absolute Gasteiger partial charge is 0.495 e. The highest BCUT2D eigenvalue weighted by Gasteiger charge is 2.20. The molecule has 2 aromatic heterocycles. The number of morpholine rings is 1. The van der Waals surface area contributed by atoms with Crippen molar-refractivity contribution in [3.63, 3.8) is 0 Å². The van der Waals surface area contributed by atoms with E-state index < -0.39 is 15.8 Å². The molecule has 3 N–H and O–H groups in total. The number of nitrogens with one attached hydrogen (secondary N) is 3. The minimum Gasteiger partial charge on any atom is -0.495 e. The van der Waals surface area contributed by atoms with Crippen molar-refractivity contribution in [2.75, 3.05) is 50.7 Å². The third kappa shape index (κ3) is 4.93. The van der Waals surface area contributed by atoms with Crippen molar-refractivity contribution in [2.24, 2.45) is 0 Å². The summed E-state index contributed by atoms with van der Waals surface area (Å²) in [7, 11) is -1.05. The van der Waals surface area contributed by atoms with E-state index in [1.54, 1.807) is 36.4 Å². The van der Waals surface area contributed by atoms with Crippen LogP contribution in [-0.4, -0.2) is 58.8 Å². The summed E-state index contributed by atoms with van der Waals surface area (Å²) in [6.45, 7) is 2.28. The van der Waals surface area contributed by atoms with Crippen LogP contribution in [0.15, 0.2) is 64.4 Å². The van der Waals surface area contributed by atoms with E-state index in [0.29, 0.717) is 59.7 Å². The number of fused-ring (bicyclic) bond motifs is 1. The second kappa shape index (κ2) is 10.4. The molecule has 38 heavy (non-hydrogen) atoms. The monoisotopic (exact) mass is 539 g/mol. The summed E-state index contributed by atoms with van der Waals surface area (Å²) in [5.74, 6) is -0.0407. The minimum absolute atomic E-state index is 0.0161. The van der Waals surface area contributed by atoms with Gasteiger partial charge in [-0.2, -0.15) is 0 Å². The van der Waals surface area contributed by atoms with Gasteiger partial charge in [0.25, 0.3) is 5.56 Å². The van der Waals surface area contributed by atoms with E-state index in [-0.39, 0.29) is 22.0 Å². The molecule has 0 radical (unpaired) electrons. The van der Waals surface area contributed by atoms with Crippen molar-refractivity contribution in [1.82, 2.24) is 14.7 Å². The lowest BCUT2D eigenvalue weighted by atomic mass is 10.1. The zero-order valence-electron chi connectivity index (χ0n) is 20.7. The topological polar surface area (TPSA) is 126 Å². The summed E-state index contributed by atoms with van der Waals surface area (Å²) < 4.78 is 52.7. The molecule has 0 aliphatic carbocycles. The van der Waals surface area contributed by atoms with Gasteiger partial charge in [-0.1, -0.05) is 6.07 Å². The molecule has 10 nitrogen and oxygen atoms in total. The number of hydrogen-bond acceptors (Lipinski definition) is 8. The SMILES string of the molecule is CNS(=O)(=O)c1ccc(-c2cc3cc[nH]c(=O)c3c(Nc3ccc(N4CCOCC4)c(F)c3)n2)cc1OC. The van der Waals surface area contributed by atoms with Crippen LogP contribution in [0.1, 0.15) is 0 Å². The van der Waals surface area contributed by atoms with E-state index >= 15 is 4.39 Å². The summed E-state index contributed by atoms with van der Waals surface area (Å²) >= 11 is 0. The lowest BCUT2D eigenvalue weighted by Crippen LogP contribution is -2.36. The van der Waals surface area contributed by atoms with Crippen LogP contribution in [0.25, 0.3) is 22.0 Å². The highest BCUT2D eigenvalue weighted by Crippen LogP contribution is 2.33. The number of rotatable bonds is 7. The van der Waals surface area contributed by atoms with Gasteiger partial charge >= 0.3 is 0 Å². The van der Waals surface area contributed by atoms with E-state index in [9.17, 15) is 13.2 Å². The fraction of sp³-hybridized carbons (Fsp3) is 0.231. The van der Waals surface area contributed by atoms with E-state index in [1.165, 1.54) is 32.5 Å². The molecule has 5 rings (SSSR count). The van der Waals surface area contributed by atoms with Gasteiger partial charge in [0.15, 0.2) is 0 Å². The Labute approximate surface area is 218 Å². The number of ether oxygens (including phenoxy) is 2. The molecule has 0 saturated carbocycles. The van der Waals surface area contributed by atoms with Gasteiger partial charge in [-0.25, -0.2) is 22.5 Å². The van der Waals surface area contributed by atoms with Crippen LogP contribution in [0.4, 0.5) is 21.6 Å². The van der Waals surface area contributed by atoms with Gasteiger partial charge in [0.1, 0.15) is 22.3 Å². The first-order chi connectivity index (χ1) is 18.3. The highest BCUT2D eigenvalue weighted by atomic mass is 32.2. The molecule has 1 saturated heterocycles. The second-order valence-corrected chi connectivity index (χ2v) is 10.4. The van der Waals surface area contributed by atoms with Crippen LogP contribution in [0.5, 0.6) is 5.75 Å². The maximum Gasteiger partial charge on any atom is 0.259 e. The van der Waals surface area contributed by atoms with Crippen LogP contribution < -0.4 is 25.2 Å². The van der Waals surface area contributed by atoms with Crippen molar-refractivity contribution >= 4 is 38.0 Å². The van der Waals surface area contributed by atoms with Crippen LogP contribution in [0.3, 0.4) is 0 Å². The highest BCUT2D eigenvalue weighted by molar-refractivity contribution is 7.89. The average molecular weight is 540 g/mol. The molecule has 0 unspecified atom stereocenters. The number of hydrogen-bond donors (Lipinski definition) is 3. The molecule has 1 aliphatic heterocycles. The average Bonchev–Trinajstić information content (AvgIpc) is 2.93. The number of H-pyrrole nitrogens is 1. The minimum atomic E-state index is -3.74. The van der Waals surface area contributed by atoms with E-state index in [4.69, 9.17) is 9.47 Å². The van der Waals surface area contributed by atoms with Gasteiger partial charge in [0, 0.05) is 30.5 Å². The van der Waals surface area contributed by atoms with Gasteiger partial charge in [0.2, 0.25) is 10.0 Å². The third-order valence-electron chi connectivity index (χ3n) is 6.33. The summed E-state index contributed by atoms with van der Waals surface area (Å²) in [4.78, 5) is 21.9. The Morgan fingerprint density at radius 2 is 1.89 bits per heavy atom. The Kier molecular flexibility index (Phi) is 7.02. The Balaban J connectivity index is 1.57. The predicted octanol–water partition coefficient (Wildman–Crippen LogP) is 3.23. The predicted molar refractivity (Wildman–Crippen MR) is 143 cm³/mol. The maximum atomic E-state index is 15.0. The molecule has 198 valence electrons. The number of nitrogens with zero attached hydrogens (tertiary/aromatic N) is 2. The molecule has 0 bridgehead atoms. The van der Waals surface area contributed by atoms with Gasteiger partial charge < -0.3 is 24.7 Å². The standard InChI is InChI=1S/C26H26FN5O5S/c1-28-38(34,35)23-6-3-16(14-22(23)36-2)20-13-17-7-8-29-26(33)24(17)25(31-20)30-18-4-5-21(19(27)15-18)32-9-11-37-12-10-32/h3-8,13-15,28H,9-12H2,1-2H3,(H,29,33)(H,30,31). The van der Waals surface area contributed by atoms with E-state index in [1.807, 2.05) is 4.90 Å². The van der Waals surface area contributed by atoms with Crippen molar-refractivity contribution < 1.29 is 22.3 Å². The normalized spacial score (nSPS) is 14.0. The number of aromatic nitrogens is 2. The molecule has 0 spiro atoms. The van der Waals surface area contributed by atoms with Crippen LogP contribution in [-0.2, 0) is 14.8 Å². The van der Waals surface area contributed by atoms with Crippen LogP contribution >= 0.6 is 0 Å². The van der Waals surface area contributed by atoms with Gasteiger partial charge in [-0.05, 0) is 54.9 Å². The van der Waals surface area contributed by atoms with E-state index in [2.05, 4.69) is 20.0 Å². The van der Waals surface area contributed by atoms with E-state index in [0.717, 1.165) is 0 Å². The van der Waals surface area contributed by atoms with Crippen molar-refractivity contribution in [3.05, 3.63) is 70.9 Å². The smallest absolute Gasteiger partial charge is 0.259 e. The molecular formula is C26H26FN5O5S. The van der Waals surface area contributed by atoms with Crippen LogP contribution in [0.2, 0.25) is 0 Å². The zero-order chi connectivity index (χ0) is 26.9. The number of anilines is 3. The number of pyridine rings is 2. The summed E-state index contributed by atoms with van der Waals surface area (Å²) in [6.07, 6.45) is 1.53. The number of aromatic amines is 1. The number of benzene rings is 2. The second-order valence-electron chi connectivity index (χ2n) is 8.59. The van der Waals surface area contributed by atoms with Gasteiger partial charge in [0.05, 0.1) is 37.1 Å². The van der Waals surface area contributed by atoms with Crippen LogP contribution in [0, 0.1) is 5.82 Å². The molecule has 0 amide bonds. The number of methoxy groups -OCH3 is 1. The van der Waals surface area contributed by atoms with Crippen molar-refractivity contribution in [3.8, 4) is 17.0 Å². The molecule has 4 aromatic rings. The Hall–Kier alpha value is -4.00. The fourth-order valence-corrected chi connectivity index (χ4v) is 5.27. The first kappa shape index (κ1) is 25.6. The van der Waals surface area contributed by atoms with Crippen molar-refractivity contribution in [2.45, 2.75) is 4.90 Å². The first-order valence-electron chi connectivity index (χ1n) is 11.8. The molecule has 1 fully saturated rings.